The molecule has 0 atom stereocenters. The lowest BCUT2D eigenvalue weighted by molar-refractivity contribution is 0.0186. The standard InChI is InChI=1S/C18H24FN5O2/c1-18(2,3)26-17(25)24-8-6-23(7-9-24)16(21)22-12-14-10-13(11-20)4-5-15(14)19/h4-5,10H,6-9,12H2,1-3H3,(H2,21,22). The molecule has 1 aromatic rings. The van der Waals surface area contributed by atoms with Crippen LogP contribution in [-0.2, 0) is 11.3 Å². The number of benzene rings is 1. The molecule has 0 aromatic heterocycles. The Kier molecular flexibility index (Phi) is 6.03. The van der Waals surface area contributed by atoms with E-state index in [9.17, 15) is 9.18 Å². The van der Waals surface area contributed by atoms with Gasteiger partial charge in [0.1, 0.15) is 11.4 Å². The number of hydrogen-bond donors (Lipinski definition) is 1. The summed E-state index contributed by atoms with van der Waals surface area (Å²) in [5.74, 6) is -0.133. The predicted molar refractivity (Wildman–Crippen MR) is 95.8 cm³/mol. The van der Waals surface area contributed by atoms with E-state index in [1.54, 1.807) is 4.90 Å². The summed E-state index contributed by atoms with van der Waals surface area (Å²) >= 11 is 0. The Balaban J connectivity index is 1.92. The molecule has 140 valence electrons. The number of aliphatic imine (C=N–C) groups is 1. The van der Waals surface area contributed by atoms with Gasteiger partial charge in [0.05, 0.1) is 18.2 Å². The first kappa shape index (κ1) is 19.5. The molecule has 2 N–H and O–H groups in total. The number of halogens is 1. The summed E-state index contributed by atoms with van der Waals surface area (Å²) in [6.07, 6.45) is -0.344. The van der Waals surface area contributed by atoms with Crippen LogP contribution in [0.15, 0.2) is 23.2 Å². The predicted octanol–water partition coefficient (Wildman–Crippen LogP) is 2.06. The van der Waals surface area contributed by atoms with E-state index in [1.807, 2.05) is 31.7 Å². The molecule has 1 heterocycles. The third-order valence-electron chi connectivity index (χ3n) is 3.84. The lowest BCUT2D eigenvalue weighted by atomic mass is 10.1. The van der Waals surface area contributed by atoms with Gasteiger partial charge >= 0.3 is 6.09 Å². The summed E-state index contributed by atoms with van der Waals surface area (Å²) in [6.45, 7) is 7.53. The average Bonchev–Trinajstić information content (AvgIpc) is 2.59. The number of amides is 1. The molecule has 2 rings (SSSR count). The maximum absolute atomic E-state index is 13.8. The lowest BCUT2D eigenvalue weighted by Crippen LogP contribution is -2.53. The number of nitriles is 1. The Labute approximate surface area is 152 Å². The van der Waals surface area contributed by atoms with Crippen molar-refractivity contribution in [2.75, 3.05) is 26.2 Å². The number of ether oxygens (including phenoxy) is 1. The Morgan fingerprint density at radius 1 is 1.31 bits per heavy atom. The summed E-state index contributed by atoms with van der Waals surface area (Å²) in [4.78, 5) is 19.7. The molecule has 7 nitrogen and oxygen atoms in total. The van der Waals surface area contributed by atoms with Gasteiger partial charge in [-0.3, -0.25) is 0 Å². The van der Waals surface area contributed by atoms with Crippen molar-refractivity contribution in [3.05, 3.63) is 35.1 Å². The molecule has 1 fully saturated rings. The van der Waals surface area contributed by atoms with E-state index in [1.165, 1.54) is 18.2 Å². The topological polar surface area (TPSA) is 94.9 Å². The van der Waals surface area contributed by atoms with E-state index in [4.69, 9.17) is 15.7 Å². The first-order valence-electron chi connectivity index (χ1n) is 8.41. The highest BCUT2D eigenvalue weighted by Gasteiger charge is 2.26. The van der Waals surface area contributed by atoms with Crippen LogP contribution in [0.4, 0.5) is 9.18 Å². The molecule has 1 aromatic carbocycles. The van der Waals surface area contributed by atoms with Gasteiger partial charge in [-0.1, -0.05) is 0 Å². The number of carbonyl (C=O) groups is 1. The summed E-state index contributed by atoms with van der Waals surface area (Å²) in [5.41, 5.74) is 6.16. The van der Waals surface area contributed by atoms with Crippen molar-refractivity contribution < 1.29 is 13.9 Å². The SMILES string of the molecule is CC(C)(C)OC(=O)N1CCN(C(N)=NCc2cc(C#N)ccc2F)CC1. The van der Waals surface area contributed by atoms with Crippen LogP contribution in [0, 0.1) is 17.1 Å². The van der Waals surface area contributed by atoms with Crippen LogP contribution in [0.1, 0.15) is 31.9 Å². The molecule has 1 aliphatic rings. The van der Waals surface area contributed by atoms with E-state index in [0.717, 1.165) is 0 Å². The van der Waals surface area contributed by atoms with Crippen molar-refractivity contribution in [1.82, 2.24) is 9.80 Å². The minimum absolute atomic E-state index is 0.0550. The van der Waals surface area contributed by atoms with E-state index < -0.39 is 11.4 Å². The average molecular weight is 361 g/mol. The molecule has 1 amide bonds. The van der Waals surface area contributed by atoms with Gasteiger partial charge in [-0.2, -0.15) is 5.26 Å². The number of carbonyl (C=O) groups excluding carboxylic acids is 1. The Morgan fingerprint density at radius 3 is 2.50 bits per heavy atom. The van der Waals surface area contributed by atoms with Gasteiger partial charge in [-0.15, -0.1) is 0 Å². The van der Waals surface area contributed by atoms with Crippen molar-refractivity contribution in [2.24, 2.45) is 10.7 Å². The second-order valence-corrected chi connectivity index (χ2v) is 7.05. The summed E-state index contributed by atoms with van der Waals surface area (Å²) in [6, 6.07) is 6.10. The molecule has 8 heteroatoms. The fourth-order valence-electron chi connectivity index (χ4n) is 2.48. The second-order valence-electron chi connectivity index (χ2n) is 7.05. The van der Waals surface area contributed by atoms with Crippen molar-refractivity contribution in [1.29, 1.82) is 5.26 Å². The number of piperazine rings is 1. The summed E-state index contributed by atoms with van der Waals surface area (Å²) < 4.78 is 19.1. The van der Waals surface area contributed by atoms with Crippen molar-refractivity contribution in [2.45, 2.75) is 32.9 Å². The molecule has 0 aliphatic carbocycles. The van der Waals surface area contributed by atoms with E-state index in [-0.39, 0.29) is 18.6 Å². The molecule has 0 bridgehead atoms. The number of nitrogens with two attached hydrogens (primary N) is 1. The van der Waals surface area contributed by atoms with Crippen molar-refractivity contribution >= 4 is 12.1 Å². The monoisotopic (exact) mass is 361 g/mol. The lowest BCUT2D eigenvalue weighted by Gasteiger charge is -2.36. The minimum atomic E-state index is -0.531. The fraction of sp³-hybridized carbons (Fsp3) is 0.500. The quantitative estimate of drug-likeness (QED) is 0.643. The number of nitrogens with zero attached hydrogens (tertiary/aromatic N) is 4. The highest BCUT2D eigenvalue weighted by Crippen LogP contribution is 2.13. The summed E-state index contributed by atoms with van der Waals surface area (Å²) in [5, 5.41) is 8.89. The molecule has 1 saturated heterocycles. The Morgan fingerprint density at radius 2 is 1.92 bits per heavy atom. The first-order chi connectivity index (χ1) is 12.2. The Bertz CT molecular complexity index is 728. The second kappa shape index (κ2) is 8.04. The van der Waals surface area contributed by atoms with Crippen LogP contribution in [0.3, 0.4) is 0 Å². The van der Waals surface area contributed by atoms with Crippen LogP contribution >= 0.6 is 0 Å². The number of hydrogen-bond acceptors (Lipinski definition) is 4. The van der Waals surface area contributed by atoms with Gasteiger partial charge in [-0.25, -0.2) is 14.2 Å². The molecule has 0 radical (unpaired) electrons. The maximum Gasteiger partial charge on any atom is 0.410 e. The number of rotatable bonds is 2. The number of guanidine groups is 1. The van der Waals surface area contributed by atoms with Gasteiger partial charge < -0.3 is 20.3 Å². The molecule has 0 saturated carbocycles. The molecular weight excluding hydrogens is 337 g/mol. The van der Waals surface area contributed by atoms with Crippen LogP contribution in [0.5, 0.6) is 0 Å². The van der Waals surface area contributed by atoms with Gasteiger partial charge in [0.2, 0.25) is 0 Å². The van der Waals surface area contributed by atoms with Crippen molar-refractivity contribution in [3.8, 4) is 6.07 Å². The van der Waals surface area contributed by atoms with E-state index in [0.29, 0.717) is 37.3 Å². The third-order valence-corrected chi connectivity index (χ3v) is 3.84. The third kappa shape index (κ3) is 5.34. The molecule has 0 spiro atoms. The highest BCUT2D eigenvalue weighted by atomic mass is 19.1. The molecule has 0 unspecified atom stereocenters. The van der Waals surface area contributed by atoms with Gasteiger partial charge in [0.25, 0.3) is 0 Å². The molecule has 1 aliphatic heterocycles. The highest BCUT2D eigenvalue weighted by molar-refractivity contribution is 5.78. The van der Waals surface area contributed by atoms with Crippen LogP contribution in [-0.4, -0.2) is 53.6 Å². The Hall–Kier alpha value is -2.82. The van der Waals surface area contributed by atoms with Gasteiger partial charge in [-0.05, 0) is 39.0 Å². The molecular formula is C18H24FN5O2. The van der Waals surface area contributed by atoms with Gasteiger partial charge in [0.15, 0.2) is 5.96 Å². The van der Waals surface area contributed by atoms with Crippen LogP contribution < -0.4 is 5.73 Å². The smallest absolute Gasteiger partial charge is 0.410 e. The summed E-state index contributed by atoms with van der Waals surface area (Å²) in [7, 11) is 0. The van der Waals surface area contributed by atoms with Crippen LogP contribution in [0.25, 0.3) is 0 Å². The maximum atomic E-state index is 13.8. The largest absolute Gasteiger partial charge is 0.444 e. The van der Waals surface area contributed by atoms with Gasteiger partial charge in [0, 0.05) is 31.7 Å². The van der Waals surface area contributed by atoms with E-state index in [2.05, 4.69) is 4.99 Å². The first-order valence-corrected chi connectivity index (χ1v) is 8.41. The van der Waals surface area contributed by atoms with Crippen LogP contribution in [0.2, 0.25) is 0 Å². The zero-order chi connectivity index (χ0) is 19.3. The molecule has 26 heavy (non-hydrogen) atoms. The minimum Gasteiger partial charge on any atom is -0.444 e. The zero-order valence-corrected chi connectivity index (χ0v) is 15.3. The van der Waals surface area contributed by atoms with E-state index >= 15 is 0 Å². The zero-order valence-electron chi connectivity index (χ0n) is 15.3. The normalized spacial score (nSPS) is 15.6. The fourth-order valence-corrected chi connectivity index (χ4v) is 2.48. The van der Waals surface area contributed by atoms with Crippen molar-refractivity contribution in [3.63, 3.8) is 0 Å².